The zero-order valence-corrected chi connectivity index (χ0v) is 15.9. The van der Waals surface area contributed by atoms with Crippen LogP contribution in [0.15, 0.2) is 22.7 Å². The molecule has 1 N–H and O–H groups in total. The average molecular weight is 360 g/mol. The number of aryl methyl sites for hydroxylation is 2. The lowest BCUT2D eigenvalue weighted by molar-refractivity contribution is -0.123. The number of hydrogen-bond acceptors (Lipinski definition) is 6. The Morgan fingerprint density at radius 2 is 1.88 bits per heavy atom. The molecule has 1 aromatic heterocycles. The number of esters is 1. The van der Waals surface area contributed by atoms with Gasteiger partial charge in [0, 0.05) is 5.92 Å². The smallest absolute Gasteiger partial charge is 0.344 e. The third kappa shape index (κ3) is 4.22. The number of rotatable bonds is 6. The van der Waals surface area contributed by atoms with Crippen LogP contribution in [0.25, 0.3) is 0 Å². The normalized spacial score (nSPS) is 12.0. The van der Waals surface area contributed by atoms with Crippen LogP contribution in [0, 0.1) is 13.8 Å². The predicted molar refractivity (Wildman–Crippen MR) is 96.6 cm³/mol. The first-order valence-corrected chi connectivity index (χ1v) is 8.37. The quantitative estimate of drug-likeness (QED) is 0.792. The van der Waals surface area contributed by atoms with E-state index in [-0.39, 0.29) is 11.5 Å². The van der Waals surface area contributed by atoms with E-state index in [0.29, 0.717) is 22.9 Å². The average Bonchev–Trinajstić information content (AvgIpc) is 2.97. The van der Waals surface area contributed by atoms with Gasteiger partial charge in [-0.3, -0.25) is 4.79 Å². The zero-order chi connectivity index (χ0) is 19.4. The maximum Gasteiger partial charge on any atom is 0.344 e. The SMILES string of the molecule is COc1ccc(C)cc1NC(=O)[C@@H](C)OC(=O)c1c(C)noc1C(C)C. The van der Waals surface area contributed by atoms with Crippen LogP contribution in [0.5, 0.6) is 5.75 Å². The first kappa shape index (κ1) is 19.5. The monoisotopic (exact) mass is 360 g/mol. The molecule has 0 aliphatic carbocycles. The van der Waals surface area contributed by atoms with E-state index >= 15 is 0 Å². The van der Waals surface area contributed by atoms with Crippen molar-refractivity contribution in [3.8, 4) is 5.75 Å². The molecule has 1 aromatic carbocycles. The second kappa shape index (κ2) is 8.03. The van der Waals surface area contributed by atoms with Crippen LogP contribution < -0.4 is 10.1 Å². The van der Waals surface area contributed by atoms with E-state index in [4.69, 9.17) is 14.0 Å². The summed E-state index contributed by atoms with van der Waals surface area (Å²) in [6.07, 6.45) is -0.998. The molecule has 1 atom stereocenters. The lowest BCUT2D eigenvalue weighted by atomic mass is 10.1. The van der Waals surface area contributed by atoms with Gasteiger partial charge in [0.1, 0.15) is 11.3 Å². The maximum atomic E-state index is 12.5. The summed E-state index contributed by atoms with van der Waals surface area (Å²) >= 11 is 0. The molecule has 0 saturated heterocycles. The van der Waals surface area contributed by atoms with Crippen LogP contribution in [-0.4, -0.2) is 30.2 Å². The first-order valence-electron chi connectivity index (χ1n) is 8.37. The molecule has 0 radical (unpaired) electrons. The van der Waals surface area contributed by atoms with Crippen molar-refractivity contribution in [2.24, 2.45) is 0 Å². The van der Waals surface area contributed by atoms with Crippen molar-refractivity contribution < 1.29 is 23.6 Å². The van der Waals surface area contributed by atoms with Gasteiger partial charge in [-0.05, 0) is 38.5 Å². The molecule has 0 aliphatic heterocycles. The number of hydrogen-bond donors (Lipinski definition) is 1. The maximum absolute atomic E-state index is 12.5. The minimum absolute atomic E-state index is 0.0283. The number of carbonyl (C=O) groups excluding carboxylic acids is 2. The van der Waals surface area contributed by atoms with Crippen molar-refractivity contribution in [1.29, 1.82) is 0 Å². The second-order valence-corrected chi connectivity index (χ2v) is 6.40. The Labute approximate surface area is 152 Å². The van der Waals surface area contributed by atoms with Crippen molar-refractivity contribution in [3.63, 3.8) is 0 Å². The fourth-order valence-electron chi connectivity index (χ4n) is 2.46. The zero-order valence-electron chi connectivity index (χ0n) is 15.9. The number of methoxy groups -OCH3 is 1. The van der Waals surface area contributed by atoms with E-state index in [1.165, 1.54) is 14.0 Å². The number of nitrogens with one attached hydrogen (secondary N) is 1. The van der Waals surface area contributed by atoms with Gasteiger partial charge in [-0.25, -0.2) is 4.79 Å². The van der Waals surface area contributed by atoms with Gasteiger partial charge in [-0.2, -0.15) is 0 Å². The molecule has 140 valence electrons. The summed E-state index contributed by atoms with van der Waals surface area (Å²) in [6, 6.07) is 5.42. The van der Waals surface area contributed by atoms with E-state index in [1.807, 2.05) is 26.8 Å². The first-order chi connectivity index (χ1) is 12.2. The van der Waals surface area contributed by atoms with Gasteiger partial charge in [-0.1, -0.05) is 25.1 Å². The molecule has 0 aliphatic rings. The Bertz CT molecular complexity index is 810. The standard InChI is InChI=1S/C19H24N2O5/c1-10(2)17-16(12(4)21-26-17)19(23)25-13(5)18(22)20-14-9-11(3)7-8-15(14)24-6/h7-10,13H,1-6H3,(H,20,22)/t13-/m1/s1. The van der Waals surface area contributed by atoms with E-state index in [1.54, 1.807) is 19.1 Å². The van der Waals surface area contributed by atoms with Crippen LogP contribution in [0.1, 0.15) is 54.1 Å². The summed E-state index contributed by atoms with van der Waals surface area (Å²) in [5.74, 6) is -0.145. The van der Waals surface area contributed by atoms with Crippen LogP contribution in [-0.2, 0) is 9.53 Å². The third-order valence-electron chi connectivity index (χ3n) is 3.88. The molecule has 0 unspecified atom stereocenters. The number of nitrogens with zero attached hydrogens (tertiary/aromatic N) is 1. The predicted octanol–water partition coefficient (Wildman–Crippen LogP) is 3.61. The molecule has 0 spiro atoms. The number of benzene rings is 1. The van der Waals surface area contributed by atoms with Gasteiger partial charge < -0.3 is 19.3 Å². The summed E-state index contributed by atoms with van der Waals surface area (Å²) in [6.45, 7) is 8.84. The Morgan fingerprint density at radius 3 is 2.50 bits per heavy atom. The van der Waals surface area contributed by atoms with Crippen molar-refractivity contribution in [3.05, 3.63) is 40.8 Å². The molecule has 0 saturated carbocycles. The van der Waals surface area contributed by atoms with Crippen LogP contribution in [0.2, 0.25) is 0 Å². The number of anilines is 1. The summed E-state index contributed by atoms with van der Waals surface area (Å²) in [5, 5.41) is 6.54. The highest BCUT2D eigenvalue weighted by atomic mass is 16.5. The van der Waals surface area contributed by atoms with Crippen molar-refractivity contribution >= 4 is 17.6 Å². The molecule has 1 amide bonds. The van der Waals surface area contributed by atoms with Gasteiger partial charge in [0.05, 0.1) is 18.5 Å². The topological polar surface area (TPSA) is 90.7 Å². The van der Waals surface area contributed by atoms with Crippen molar-refractivity contribution in [2.75, 3.05) is 12.4 Å². The second-order valence-electron chi connectivity index (χ2n) is 6.40. The molecule has 7 heteroatoms. The van der Waals surface area contributed by atoms with E-state index < -0.39 is 18.0 Å². The van der Waals surface area contributed by atoms with Crippen LogP contribution >= 0.6 is 0 Å². The Kier molecular flexibility index (Phi) is 6.02. The molecule has 1 heterocycles. The fourth-order valence-corrected chi connectivity index (χ4v) is 2.46. The summed E-state index contributed by atoms with van der Waals surface area (Å²) < 4.78 is 15.7. The van der Waals surface area contributed by atoms with Crippen molar-refractivity contribution in [2.45, 2.75) is 46.6 Å². The molecule has 7 nitrogen and oxygen atoms in total. The number of amides is 1. The highest BCUT2D eigenvalue weighted by Crippen LogP contribution is 2.26. The van der Waals surface area contributed by atoms with Crippen LogP contribution in [0.3, 0.4) is 0 Å². The van der Waals surface area contributed by atoms with Gasteiger partial charge in [0.25, 0.3) is 5.91 Å². The summed E-state index contributed by atoms with van der Waals surface area (Å²) in [5.41, 5.74) is 2.19. The molecule has 26 heavy (non-hydrogen) atoms. The lowest BCUT2D eigenvalue weighted by Gasteiger charge is -2.16. The third-order valence-corrected chi connectivity index (χ3v) is 3.88. The molecule has 0 bridgehead atoms. The van der Waals surface area contributed by atoms with Gasteiger partial charge in [0.15, 0.2) is 11.9 Å². The van der Waals surface area contributed by atoms with Crippen molar-refractivity contribution in [1.82, 2.24) is 5.16 Å². The number of carbonyl (C=O) groups is 2. The molecule has 2 rings (SSSR count). The van der Waals surface area contributed by atoms with Gasteiger partial charge >= 0.3 is 5.97 Å². The lowest BCUT2D eigenvalue weighted by Crippen LogP contribution is -2.30. The van der Waals surface area contributed by atoms with E-state index in [0.717, 1.165) is 5.56 Å². The summed E-state index contributed by atoms with van der Waals surface area (Å²) in [4.78, 5) is 24.9. The van der Waals surface area contributed by atoms with Crippen LogP contribution in [0.4, 0.5) is 5.69 Å². The van der Waals surface area contributed by atoms with E-state index in [9.17, 15) is 9.59 Å². The Morgan fingerprint density at radius 1 is 1.19 bits per heavy atom. The largest absolute Gasteiger partial charge is 0.495 e. The minimum Gasteiger partial charge on any atom is -0.495 e. The molecular formula is C19H24N2O5. The molecule has 2 aromatic rings. The highest BCUT2D eigenvalue weighted by molar-refractivity contribution is 5.98. The Hall–Kier alpha value is -2.83. The summed E-state index contributed by atoms with van der Waals surface area (Å²) in [7, 11) is 1.52. The van der Waals surface area contributed by atoms with E-state index in [2.05, 4.69) is 10.5 Å². The minimum atomic E-state index is -0.998. The fraction of sp³-hybridized carbons (Fsp3) is 0.421. The highest BCUT2D eigenvalue weighted by Gasteiger charge is 2.27. The molecular weight excluding hydrogens is 336 g/mol. The molecule has 0 fully saturated rings. The number of aromatic nitrogens is 1. The Balaban J connectivity index is 2.11. The van der Waals surface area contributed by atoms with Gasteiger partial charge in [0.2, 0.25) is 0 Å². The van der Waals surface area contributed by atoms with Gasteiger partial charge in [-0.15, -0.1) is 0 Å². The number of ether oxygens (including phenoxy) is 2.